The summed E-state index contributed by atoms with van der Waals surface area (Å²) >= 11 is 0. The van der Waals surface area contributed by atoms with Crippen LogP contribution in [0, 0.1) is 6.92 Å². The SMILES string of the molecule is COc1ccc(C(C)Nc2ncccc2-c2nc(C)no2)cc1OC. The van der Waals surface area contributed by atoms with Gasteiger partial charge in [-0.1, -0.05) is 11.2 Å². The van der Waals surface area contributed by atoms with Crippen LogP contribution >= 0.6 is 0 Å². The van der Waals surface area contributed by atoms with Gasteiger partial charge in [0.25, 0.3) is 5.89 Å². The molecule has 7 heteroatoms. The highest BCUT2D eigenvalue weighted by atomic mass is 16.5. The van der Waals surface area contributed by atoms with Crippen molar-refractivity contribution in [2.75, 3.05) is 19.5 Å². The molecule has 0 bridgehead atoms. The highest BCUT2D eigenvalue weighted by Crippen LogP contribution is 2.32. The monoisotopic (exact) mass is 340 g/mol. The third-order valence-corrected chi connectivity index (χ3v) is 3.83. The first-order valence-electron chi connectivity index (χ1n) is 7.86. The Morgan fingerprint density at radius 1 is 1.12 bits per heavy atom. The van der Waals surface area contributed by atoms with Crippen LogP contribution in [0.25, 0.3) is 11.5 Å². The number of anilines is 1. The Labute approximate surface area is 146 Å². The maximum Gasteiger partial charge on any atom is 0.261 e. The minimum atomic E-state index is -0.0162. The van der Waals surface area contributed by atoms with E-state index in [0.717, 1.165) is 11.1 Å². The first-order chi connectivity index (χ1) is 12.1. The molecule has 0 fully saturated rings. The number of hydrogen-bond donors (Lipinski definition) is 1. The summed E-state index contributed by atoms with van der Waals surface area (Å²) in [5, 5.41) is 7.23. The van der Waals surface area contributed by atoms with E-state index in [2.05, 4.69) is 20.4 Å². The zero-order chi connectivity index (χ0) is 17.8. The lowest BCUT2D eigenvalue weighted by molar-refractivity contribution is 0.354. The van der Waals surface area contributed by atoms with Crippen molar-refractivity contribution in [1.82, 2.24) is 15.1 Å². The average molecular weight is 340 g/mol. The highest BCUT2D eigenvalue weighted by Gasteiger charge is 2.16. The summed E-state index contributed by atoms with van der Waals surface area (Å²) in [4.78, 5) is 8.69. The molecular weight excluding hydrogens is 320 g/mol. The van der Waals surface area contributed by atoms with Crippen molar-refractivity contribution >= 4 is 5.82 Å². The van der Waals surface area contributed by atoms with Crippen LogP contribution in [0.5, 0.6) is 11.5 Å². The fraction of sp³-hybridized carbons (Fsp3) is 0.278. The second-order valence-electron chi connectivity index (χ2n) is 5.53. The lowest BCUT2D eigenvalue weighted by atomic mass is 10.1. The first-order valence-corrected chi connectivity index (χ1v) is 7.86. The number of aryl methyl sites for hydroxylation is 1. The van der Waals surface area contributed by atoms with Crippen molar-refractivity contribution in [2.24, 2.45) is 0 Å². The number of hydrogen-bond acceptors (Lipinski definition) is 7. The molecule has 1 N–H and O–H groups in total. The molecule has 3 aromatic rings. The van der Waals surface area contributed by atoms with Gasteiger partial charge in [-0.25, -0.2) is 4.98 Å². The lowest BCUT2D eigenvalue weighted by Crippen LogP contribution is -2.09. The van der Waals surface area contributed by atoms with E-state index in [1.807, 2.05) is 37.3 Å². The van der Waals surface area contributed by atoms with Crippen molar-refractivity contribution in [2.45, 2.75) is 19.9 Å². The van der Waals surface area contributed by atoms with Crippen molar-refractivity contribution in [1.29, 1.82) is 0 Å². The van der Waals surface area contributed by atoms with Crippen LogP contribution in [0.1, 0.15) is 24.4 Å². The second-order valence-corrected chi connectivity index (χ2v) is 5.53. The fourth-order valence-electron chi connectivity index (χ4n) is 2.51. The Balaban J connectivity index is 1.88. The highest BCUT2D eigenvalue weighted by molar-refractivity contribution is 5.69. The van der Waals surface area contributed by atoms with Crippen LogP contribution in [-0.2, 0) is 0 Å². The van der Waals surface area contributed by atoms with Gasteiger partial charge in [-0.15, -0.1) is 0 Å². The summed E-state index contributed by atoms with van der Waals surface area (Å²) in [6.07, 6.45) is 1.72. The lowest BCUT2D eigenvalue weighted by Gasteiger charge is -2.18. The average Bonchev–Trinajstić information content (AvgIpc) is 3.07. The van der Waals surface area contributed by atoms with E-state index in [9.17, 15) is 0 Å². The number of methoxy groups -OCH3 is 2. The van der Waals surface area contributed by atoms with E-state index in [0.29, 0.717) is 29.0 Å². The number of aromatic nitrogens is 3. The van der Waals surface area contributed by atoms with E-state index >= 15 is 0 Å². The Bertz CT molecular complexity index is 863. The van der Waals surface area contributed by atoms with Crippen LogP contribution in [0.2, 0.25) is 0 Å². The molecular formula is C18H20N4O3. The number of benzene rings is 1. The van der Waals surface area contributed by atoms with Crippen LogP contribution < -0.4 is 14.8 Å². The second kappa shape index (κ2) is 7.21. The van der Waals surface area contributed by atoms with Crippen LogP contribution in [0.15, 0.2) is 41.1 Å². The van der Waals surface area contributed by atoms with Gasteiger partial charge in [-0.2, -0.15) is 4.98 Å². The van der Waals surface area contributed by atoms with Crippen LogP contribution in [0.4, 0.5) is 5.82 Å². The van der Waals surface area contributed by atoms with Gasteiger partial charge >= 0.3 is 0 Å². The summed E-state index contributed by atoms with van der Waals surface area (Å²) in [5.74, 6) is 3.07. The molecule has 0 saturated carbocycles. The number of nitrogens with one attached hydrogen (secondary N) is 1. The van der Waals surface area contributed by atoms with Gasteiger partial charge in [0.15, 0.2) is 17.3 Å². The van der Waals surface area contributed by atoms with Crippen LogP contribution in [-0.4, -0.2) is 29.3 Å². The summed E-state index contributed by atoms with van der Waals surface area (Å²) in [7, 11) is 3.24. The molecule has 0 spiro atoms. The smallest absolute Gasteiger partial charge is 0.261 e. The van der Waals surface area contributed by atoms with E-state index in [1.54, 1.807) is 27.3 Å². The Kier molecular flexibility index (Phi) is 4.83. The van der Waals surface area contributed by atoms with Gasteiger partial charge in [0.2, 0.25) is 0 Å². The molecule has 0 saturated heterocycles. The molecule has 3 rings (SSSR count). The van der Waals surface area contributed by atoms with E-state index < -0.39 is 0 Å². The molecule has 2 heterocycles. The normalized spacial score (nSPS) is 11.8. The zero-order valence-electron chi connectivity index (χ0n) is 14.6. The summed E-state index contributed by atoms with van der Waals surface area (Å²) in [6.45, 7) is 3.82. The molecule has 0 radical (unpaired) electrons. The minimum Gasteiger partial charge on any atom is -0.493 e. The number of pyridine rings is 1. The molecule has 25 heavy (non-hydrogen) atoms. The van der Waals surface area contributed by atoms with E-state index in [-0.39, 0.29) is 6.04 Å². The Morgan fingerprint density at radius 3 is 2.60 bits per heavy atom. The molecule has 130 valence electrons. The van der Waals surface area contributed by atoms with Crippen molar-refractivity contribution in [3.8, 4) is 23.0 Å². The summed E-state index contributed by atoms with van der Waals surface area (Å²) < 4.78 is 15.9. The van der Waals surface area contributed by atoms with E-state index in [1.165, 1.54) is 0 Å². The van der Waals surface area contributed by atoms with Crippen molar-refractivity contribution in [3.05, 3.63) is 47.9 Å². The predicted molar refractivity (Wildman–Crippen MR) is 93.8 cm³/mol. The van der Waals surface area contributed by atoms with Crippen molar-refractivity contribution in [3.63, 3.8) is 0 Å². The van der Waals surface area contributed by atoms with Gasteiger partial charge in [0.05, 0.1) is 25.8 Å². The molecule has 0 aliphatic carbocycles. The standard InChI is InChI=1S/C18H20N4O3/c1-11(13-7-8-15(23-3)16(10-13)24-4)20-17-14(6-5-9-19-17)18-21-12(2)22-25-18/h5-11H,1-4H3,(H,19,20). The maximum absolute atomic E-state index is 5.37. The molecule has 7 nitrogen and oxygen atoms in total. The molecule has 1 aromatic carbocycles. The maximum atomic E-state index is 5.37. The molecule has 2 aromatic heterocycles. The third-order valence-electron chi connectivity index (χ3n) is 3.83. The Hall–Kier alpha value is -3.09. The fourth-order valence-corrected chi connectivity index (χ4v) is 2.51. The number of nitrogens with zero attached hydrogens (tertiary/aromatic N) is 3. The zero-order valence-corrected chi connectivity index (χ0v) is 14.6. The molecule has 0 aliphatic rings. The topological polar surface area (TPSA) is 82.3 Å². The van der Waals surface area contributed by atoms with Gasteiger partial charge in [-0.3, -0.25) is 0 Å². The molecule has 0 amide bonds. The molecule has 0 aliphatic heterocycles. The minimum absolute atomic E-state index is 0.0162. The largest absolute Gasteiger partial charge is 0.493 e. The van der Waals surface area contributed by atoms with Crippen LogP contribution in [0.3, 0.4) is 0 Å². The summed E-state index contributed by atoms with van der Waals surface area (Å²) in [6, 6.07) is 9.52. The van der Waals surface area contributed by atoms with Gasteiger partial charge in [-0.05, 0) is 43.7 Å². The Morgan fingerprint density at radius 2 is 1.92 bits per heavy atom. The predicted octanol–water partition coefficient (Wildman–Crippen LogP) is 3.63. The first kappa shape index (κ1) is 16.8. The number of rotatable bonds is 6. The van der Waals surface area contributed by atoms with Crippen molar-refractivity contribution < 1.29 is 14.0 Å². The summed E-state index contributed by atoms with van der Waals surface area (Å²) in [5.41, 5.74) is 1.80. The third kappa shape index (κ3) is 3.55. The van der Waals surface area contributed by atoms with Gasteiger partial charge in [0, 0.05) is 6.20 Å². The quantitative estimate of drug-likeness (QED) is 0.733. The number of ether oxygens (including phenoxy) is 2. The van der Waals surface area contributed by atoms with E-state index in [4.69, 9.17) is 14.0 Å². The van der Waals surface area contributed by atoms with Gasteiger partial charge < -0.3 is 19.3 Å². The molecule has 1 atom stereocenters. The molecule has 1 unspecified atom stereocenters. The van der Waals surface area contributed by atoms with Gasteiger partial charge in [0.1, 0.15) is 5.82 Å².